The topological polar surface area (TPSA) is 0 Å². The van der Waals surface area contributed by atoms with Crippen LogP contribution in [0.5, 0.6) is 0 Å². The van der Waals surface area contributed by atoms with Crippen molar-refractivity contribution in [2.75, 3.05) is 0 Å². The fourth-order valence-corrected chi connectivity index (χ4v) is 14.1. The van der Waals surface area contributed by atoms with E-state index in [1.807, 2.05) is 0 Å². The van der Waals surface area contributed by atoms with Crippen molar-refractivity contribution in [2.24, 2.45) is 11.8 Å². The average Bonchev–Trinajstić information content (AvgIpc) is 1.05. The van der Waals surface area contributed by atoms with Gasteiger partial charge in [-0.05, 0) is 273 Å². The summed E-state index contributed by atoms with van der Waals surface area (Å²) < 4.78 is 0. The van der Waals surface area contributed by atoms with E-state index >= 15 is 0 Å². The van der Waals surface area contributed by atoms with Gasteiger partial charge in [-0.15, -0.1) is 0 Å². The van der Waals surface area contributed by atoms with Crippen LogP contribution in [-0.2, 0) is 6.42 Å². The summed E-state index contributed by atoms with van der Waals surface area (Å²) in [5.74, 6) is 0.450. The molecule has 0 saturated carbocycles. The summed E-state index contributed by atoms with van der Waals surface area (Å²) in [7, 11) is 0. The van der Waals surface area contributed by atoms with Crippen LogP contribution in [0.15, 0.2) is 235 Å². The van der Waals surface area contributed by atoms with Gasteiger partial charge in [0.1, 0.15) is 0 Å². The minimum atomic E-state index is -0.0115. The van der Waals surface area contributed by atoms with E-state index in [-0.39, 0.29) is 18.5 Å². The first kappa shape index (κ1) is 59.6. The van der Waals surface area contributed by atoms with Gasteiger partial charge in [-0.1, -0.05) is 234 Å². The van der Waals surface area contributed by atoms with E-state index in [4.69, 9.17) is 0 Å². The highest BCUT2D eigenvalue weighted by Crippen LogP contribution is 2.47. The van der Waals surface area contributed by atoms with E-state index in [1.54, 1.807) is 0 Å². The fraction of sp³-hybridized carbons (Fsp3) is 0.214. The molecule has 1 heteroatoms. The lowest BCUT2D eigenvalue weighted by Crippen LogP contribution is -2.53. The van der Waals surface area contributed by atoms with E-state index in [9.17, 15) is 0 Å². The van der Waals surface area contributed by atoms with Crippen LogP contribution in [0, 0.1) is 67.2 Å². The van der Waals surface area contributed by atoms with Gasteiger partial charge in [0.15, 0.2) is 0 Å². The fourth-order valence-electron chi connectivity index (χ4n) is 14.1. The molecule has 1 aliphatic rings. The number of rotatable bonds is 15. The van der Waals surface area contributed by atoms with Gasteiger partial charge in [-0.25, -0.2) is 0 Å². The Morgan fingerprint density at radius 1 is 0.376 bits per heavy atom. The van der Waals surface area contributed by atoms with Crippen molar-refractivity contribution in [2.45, 2.75) is 110 Å². The number of allylic oxidation sites excluding steroid dienone is 12. The third-order valence-electron chi connectivity index (χ3n) is 19.3. The lowest BCUT2D eigenvalue weighted by atomic mass is 9.30. The van der Waals surface area contributed by atoms with Crippen LogP contribution in [0.25, 0.3) is 77.9 Å². The van der Waals surface area contributed by atoms with Gasteiger partial charge in [-0.2, -0.15) is 0 Å². The van der Waals surface area contributed by atoms with E-state index in [0.29, 0.717) is 0 Å². The normalized spacial score (nSPS) is 14.9. The molecule has 9 aromatic carbocycles. The second-order valence-corrected chi connectivity index (χ2v) is 24.2. The van der Waals surface area contributed by atoms with Crippen LogP contribution in [0.1, 0.15) is 110 Å². The Morgan fingerprint density at radius 2 is 0.741 bits per heavy atom. The van der Waals surface area contributed by atoms with Gasteiger partial charge in [0.2, 0.25) is 6.71 Å². The lowest BCUT2D eigenvalue weighted by molar-refractivity contribution is 0.548. The largest absolute Gasteiger partial charge is 0.239 e. The number of benzene rings is 9. The van der Waals surface area contributed by atoms with Crippen molar-refractivity contribution in [1.82, 2.24) is 0 Å². The molecule has 0 radical (unpaired) electrons. The summed E-state index contributed by atoms with van der Waals surface area (Å²) in [6.45, 7) is 35.7. The maximum atomic E-state index is 2.54. The Bertz CT molecular complexity index is 4040. The van der Waals surface area contributed by atoms with Crippen LogP contribution >= 0.6 is 0 Å². The Labute approximate surface area is 511 Å². The molecule has 0 aromatic heterocycles. The molecule has 0 aliphatic heterocycles. The molecule has 0 heterocycles. The van der Waals surface area contributed by atoms with Crippen molar-refractivity contribution in [1.29, 1.82) is 0 Å². The van der Waals surface area contributed by atoms with Crippen LogP contribution in [-0.4, -0.2) is 6.71 Å². The van der Waals surface area contributed by atoms with Crippen molar-refractivity contribution in [3.05, 3.63) is 296 Å². The first-order valence-corrected chi connectivity index (χ1v) is 30.9. The van der Waals surface area contributed by atoms with Crippen molar-refractivity contribution in [3.8, 4) is 66.8 Å². The van der Waals surface area contributed by atoms with E-state index in [1.165, 1.54) is 167 Å². The van der Waals surface area contributed by atoms with E-state index in [0.717, 1.165) is 6.42 Å². The minimum Gasteiger partial charge on any atom is -0.0877 e. The monoisotopic (exact) mass is 1100 g/mol. The van der Waals surface area contributed by atoms with Crippen LogP contribution < -0.4 is 10.9 Å². The zero-order chi connectivity index (χ0) is 60.2. The van der Waals surface area contributed by atoms with Crippen LogP contribution in [0.4, 0.5) is 0 Å². The Hall–Kier alpha value is -8.52. The summed E-state index contributed by atoms with van der Waals surface area (Å²) >= 11 is 0. The first-order valence-electron chi connectivity index (χ1n) is 30.9. The summed E-state index contributed by atoms with van der Waals surface area (Å²) in [6.07, 6.45) is 16.1. The highest BCUT2D eigenvalue weighted by atomic mass is 14.3. The van der Waals surface area contributed by atoms with Gasteiger partial charge < -0.3 is 0 Å². The smallest absolute Gasteiger partial charge is 0.0877 e. The van der Waals surface area contributed by atoms with Crippen molar-refractivity contribution < 1.29 is 0 Å². The SMILES string of the molecule is C/C=C\C=C/Cc1cc(C2=C(C)C(C)=C(B(c3c(C)c(C)c(-c4cc(/C(C)=C/C=C\C)cc(-c5ccccc5)c4)c(C)c3C)c3c(C)c(C)c(-c4cc(-c5ccccc5)cc(-c5ccccc5)c4)c(C)c3C)C(C)C2C)cc(-c2ccccc2)c1. The zero-order valence-corrected chi connectivity index (χ0v) is 53.2. The number of hydrogen-bond acceptors (Lipinski definition) is 0. The second-order valence-electron chi connectivity index (χ2n) is 24.2. The molecule has 0 N–H and O–H groups in total. The zero-order valence-electron chi connectivity index (χ0n) is 53.2. The van der Waals surface area contributed by atoms with Gasteiger partial charge in [0.05, 0.1) is 0 Å². The quantitative estimate of drug-likeness (QED) is 0.0709. The third kappa shape index (κ3) is 11.8. The first-order chi connectivity index (χ1) is 41.0. The predicted octanol–water partition coefficient (Wildman–Crippen LogP) is 22.0. The molecule has 2 unspecified atom stereocenters. The molecule has 1 aliphatic carbocycles. The lowest BCUT2D eigenvalue weighted by Gasteiger charge is -2.40. The van der Waals surface area contributed by atoms with Gasteiger partial charge in [0, 0.05) is 0 Å². The molecule has 2 atom stereocenters. The summed E-state index contributed by atoms with van der Waals surface area (Å²) in [5.41, 5.74) is 39.8. The molecule has 9 aromatic rings. The molecule has 424 valence electrons. The summed E-state index contributed by atoms with van der Waals surface area (Å²) in [6, 6.07) is 65.5. The molecule has 0 amide bonds. The van der Waals surface area contributed by atoms with E-state index < -0.39 is 0 Å². The molecular formula is C84H85B. The minimum absolute atomic E-state index is 0.0115. The average molecular weight is 1110 g/mol. The van der Waals surface area contributed by atoms with Gasteiger partial charge in [-0.3, -0.25) is 0 Å². The van der Waals surface area contributed by atoms with Crippen LogP contribution in [0.2, 0.25) is 0 Å². The second kappa shape index (κ2) is 25.8. The maximum absolute atomic E-state index is 2.54. The van der Waals surface area contributed by atoms with Crippen molar-refractivity contribution in [3.63, 3.8) is 0 Å². The van der Waals surface area contributed by atoms with Gasteiger partial charge in [0.25, 0.3) is 0 Å². The molecule has 0 bridgehead atoms. The van der Waals surface area contributed by atoms with Crippen LogP contribution in [0.3, 0.4) is 0 Å². The Balaban J connectivity index is 1.25. The summed E-state index contributed by atoms with van der Waals surface area (Å²) in [4.78, 5) is 0. The standard InChI is InChI=1S/C84H85B/c1-16-18-20-25-35-66-44-72(67-36-26-21-27-37-67)49-76(45-66)79-54(4)60(10)82(61(11)55(79)5)85(83-62(12)56(6)80(57(7)63(83)13)77-47-71(53(3)34-19-17-2)46-73(50-77)68-38-28-22-29-39-68)84-64(14)58(8)81(59(9)65(84)15)78-51-74(69-40-30-23-31-41-69)48-75(52-78)70-42-32-24-33-43-70/h16-34,36-52,54,60H,35H2,1-15H3/b18-16-,19-17-,25-20-,53-34+. The molecule has 0 fully saturated rings. The van der Waals surface area contributed by atoms with Crippen molar-refractivity contribution >= 4 is 28.8 Å². The third-order valence-corrected chi connectivity index (χ3v) is 19.3. The molecule has 0 nitrogen and oxygen atoms in total. The highest BCUT2D eigenvalue weighted by molar-refractivity contribution is 6.92. The molecule has 10 rings (SSSR count). The number of hydrogen-bond donors (Lipinski definition) is 0. The molecular weight excluding hydrogens is 1020 g/mol. The Kier molecular flexibility index (Phi) is 18.1. The van der Waals surface area contributed by atoms with E-state index in [2.05, 4.69) is 322 Å². The predicted molar refractivity (Wildman–Crippen MR) is 375 cm³/mol. The summed E-state index contributed by atoms with van der Waals surface area (Å²) in [5, 5.41) is 0. The molecule has 85 heavy (non-hydrogen) atoms. The molecule has 0 spiro atoms. The van der Waals surface area contributed by atoms with Gasteiger partial charge >= 0.3 is 0 Å². The highest BCUT2D eigenvalue weighted by Gasteiger charge is 2.41. The Morgan fingerprint density at radius 3 is 1.18 bits per heavy atom. The molecule has 0 saturated heterocycles. The maximum Gasteiger partial charge on any atom is 0.239 e.